The third kappa shape index (κ3) is 4.03. The molecule has 0 atom stereocenters. The Morgan fingerprint density at radius 3 is 2.75 bits per heavy atom. The molecule has 4 nitrogen and oxygen atoms in total. The van der Waals surface area contributed by atoms with E-state index in [2.05, 4.69) is 46.9 Å². The van der Waals surface area contributed by atoms with Crippen molar-refractivity contribution in [3.8, 4) is 0 Å². The Bertz CT molecular complexity index is 851. The Morgan fingerprint density at radius 1 is 1.08 bits per heavy atom. The highest BCUT2D eigenvalue weighted by molar-refractivity contribution is 5.92. The van der Waals surface area contributed by atoms with Crippen molar-refractivity contribution in [2.45, 2.75) is 20.3 Å². The van der Waals surface area contributed by atoms with E-state index in [1.807, 2.05) is 31.2 Å². The first kappa shape index (κ1) is 16.3. The molecule has 0 saturated heterocycles. The van der Waals surface area contributed by atoms with Crippen molar-refractivity contribution in [2.24, 2.45) is 0 Å². The van der Waals surface area contributed by atoms with Crippen LogP contribution in [0.15, 0.2) is 48.7 Å². The Kier molecular flexibility index (Phi) is 4.96. The quantitative estimate of drug-likeness (QED) is 0.608. The number of benzene rings is 2. The number of nitrogens with one attached hydrogen (secondary N) is 3. The number of carbonyl (C=O) groups excluding carboxylic acids is 1. The van der Waals surface area contributed by atoms with Gasteiger partial charge in [-0.3, -0.25) is 4.79 Å². The van der Waals surface area contributed by atoms with Gasteiger partial charge in [0.25, 0.3) is 0 Å². The van der Waals surface area contributed by atoms with E-state index in [1.54, 1.807) is 0 Å². The lowest BCUT2D eigenvalue weighted by atomic mass is 10.1. The monoisotopic (exact) mass is 321 g/mol. The van der Waals surface area contributed by atoms with Gasteiger partial charge in [0.05, 0.1) is 6.54 Å². The van der Waals surface area contributed by atoms with Gasteiger partial charge in [0.1, 0.15) is 0 Å². The van der Waals surface area contributed by atoms with E-state index in [0.29, 0.717) is 6.54 Å². The van der Waals surface area contributed by atoms with Crippen LogP contribution in [0.25, 0.3) is 10.9 Å². The number of carbonyl (C=O) groups is 1. The van der Waals surface area contributed by atoms with Gasteiger partial charge in [-0.2, -0.15) is 0 Å². The normalized spacial score (nSPS) is 10.9. The second-order valence-electron chi connectivity index (χ2n) is 6.21. The Labute approximate surface area is 142 Å². The minimum Gasteiger partial charge on any atom is -0.361 e. The number of H-pyrrole nitrogens is 1. The third-order valence-corrected chi connectivity index (χ3v) is 4.08. The largest absolute Gasteiger partial charge is 0.361 e. The second-order valence-corrected chi connectivity index (χ2v) is 6.21. The summed E-state index contributed by atoms with van der Waals surface area (Å²) in [5.41, 5.74) is 5.67. The van der Waals surface area contributed by atoms with Crippen LogP contribution < -0.4 is 10.6 Å². The van der Waals surface area contributed by atoms with Crippen LogP contribution in [0.1, 0.15) is 16.7 Å². The fourth-order valence-electron chi connectivity index (χ4n) is 2.85. The lowest BCUT2D eigenvalue weighted by molar-refractivity contribution is -0.115. The average molecular weight is 321 g/mol. The smallest absolute Gasteiger partial charge is 0.238 e. The molecule has 1 amide bonds. The first-order chi connectivity index (χ1) is 11.6. The van der Waals surface area contributed by atoms with Gasteiger partial charge in [-0.25, -0.2) is 0 Å². The molecule has 1 aromatic heterocycles. The number of aromatic nitrogens is 1. The van der Waals surface area contributed by atoms with Gasteiger partial charge < -0.3 is 15.6 Å². The number of rotatable bonds is 6. The van der Waals surface area contributed by atoms with E-state index in [9.17, 15) is 4.79 Å². The van der Waals surface area contributed by atoms with E-state index in [-0.39, 0.29) is 5.91 Å². The summed E-state index contributed by atoms with van der Waals surface area (Å²) in [6.45, 7) is 5.19. The molecule has 1 heterocycles. The molecule has 0 saturated carbocycles. The van der Waals surface area contributed by atoms with Crippen LogP contribution in [0.2, 0.25) is 0 Å². The summed E-state index contributed by atoms with van der Waals surface area (Å²) in [5.74, 6) is -0.0182. The van der Waals surface area contributed by atoms with Gasteiger partial charge in [-0.1, -0.05) is 23.8 Å². The summed E-state index contributed by atoms with van der Waals surface area (Å²) in [4.78, 5) is 15.3. The Hall–Kier alpha value is -2.59. The molecule has 0 aliphatic heterocycles. The molecule has 0 fully saturated rings. The van der Waals surface area contributed by atoms with Crippen LogP contribution in [0.4, 0.5) is 5.69 Å². The summed E-state index contributed by atoms with van der Waals surface area (Å²) in [6.07, 6.45) is 2.94. The predicted molar refractivity (Wildman–Crippen MR) is 99.4 cm³/mol. The minimum atomic E-state index is -0.0182. The molecule has 3 rings (SSSR count). The first-order valence-electron chi connectivity index (χ1n) is 8.26. The zero-order valence-electron chi connectivity index (χ0n) is 14.1. The molecule has 3 aromatic rings. The topological polar surface area (TPSA) is 56.9 Å². The zero-order valence-corrected chi connectivity index (χ0v) is 14.1. The predicted octanol–water partition coefficient (Wildman–Crippen LogP) is 3.56. The van der Waals surface area contributed by atoms with E-state index in [1.165, 1.54) is 16.5 Å². The molecule has 4 heteroatoms. The SMILES string of the molecule is Cc1cccc(NC(=O)CNCCc2c[nH]c3ccc(C)cc23)c1. The molecule has 3 N–H and O–H groups in total. The summed E-state index contributed by atoms with van der Waals surface area (Å²) >= 11 is 0. The molecule has 2 aromatic carbocycles. The summed E-state index contributed by atoms with van der Waals surface area (Å²) in [7, 11) is 0. The summed E-state index contributed by atoms with van der Waals surface area (Å²) < 4.78 is 0. The fraction of sp³-hybridized carbons (Fsp3) is 0.250. The van der Waals surface area contributed by atoms with Crippen molar-refractivity contribution < 1.29 is 4.79 Å². The van der Waals surface area contributed by atoms with Crippen LogP contribution >= 0.6 is 0 Å². The van der Waals surface area contributed by atoms with Gasteiger partial charge in [0.2, 0.25) is 5.91 Å². The summed E-state index contributed by atoms with van der Waals surface area (Å²) in [6, 6.07) is 14.2. The van der Waals surface area contributed by atoms with Crippen LogP contribution in [0.3, 0.4) is 0 Å². The third-order valence-electron chi connectivity index (χ3n) is 4.08. The van der Waals surface area contributed by atoms with Crippen LogP contribution in [-0.2, 0) is 11.2 Å². The van der Waals surface area contributed by atoms with E-state index in [0.717, 1.165) is 29.7 Å². The average Bonchev–Trinajstić information content (AvgIpc) is 2.94. The number of anilines is 1. The fourth-order valence-corrected chi connectivity index (χ4v) is 2.85. The number of aromatic amines is 1. The van der Waals surface area contributed by atoms with Crippen molar-refractivity contribution >= 4 is 22.5 Å². The maximum absolute atomic E-state index is 12.0. The molecule has 0 radical (unpaired) electrons. The molecule has 124 valence electrons. The Morgan fingerprint density at radius 2 is 1.92 bits per heavy atom. The van der Waals surface area contributed by atoms with Crippen molar-refractivity contribution in [2.75, 3.05) is 18.4 Å². The molecule has 0 spiro atoms. The maximum atomic E-state index is 12.0. The van der Waals surface area contributed by atoms with E-state index in [4.69, 9.17) is 0 Å². The summed E-state index contributed by atoms with van der Waals surface area (Å²) in [5, 5.41) is 7.38. The van der Waals surface area contributed by atoms with Crippen molar-refractivity contribution in [3.05, 3.63) is 65.4 Å². The maximum Gasteiger partial charge on any atom is 0.238 e. The van der Waals surface area contributed by atoms with E-state index < -0.39 is 0 Å². The van der Waals surface area contributed by atoms with Gasteiger partial charge in [0.15, 0.2) is 0 Å². The molecule has 0 unspecified atom stereocenters. The number of hydrogen-bond donors (Lipinski definition) is 3. The van der Waals surface area contributed by atoms with Crippen LogP contribution in [0, 0.1) is 13.8 Å². The van der Waals surface area contributed by atoms with Gasteiger partial charge in [-0.15, -0.1) is 0 Å². The Balaban J connectivity index is 1.48. The number of aryl methyl sites for hydroxylation is 2. The van der Waals surface area contributed by atoms with Gasteiger partial charge in [0, 0.05) is 22.8 Å². The van der Waals surface area contributed by atoms with Crippen molar-refractivity contribution in [1.29, 1.82) is 0 Å². The lowest BCUT2D eigenvalue weighted by Crippen LogP contribution is -2.29. The highest BCUT2D eigenvalue weighted by atomic mass is 16.1. The molecular weight excluding hydrogens is 298 g/mol. The van der Waals surface area contributed by atoms with Gasteiger partial charge >= 0.3 is 0 Å². The minimum absolute atomic E-state index is 0.0182. The standard InChI is InChI=1S/C20H23N3O/c1-14-4-3-5-17(10-14)23-20(24)13-21-9-8-16-12-22-19-7-6-15(2)11-18(16)19/h3-7,10-12,21-22H,8-9,13H2,1-2H3,(H,23,24). The lowest BCUT2D eigenvalue weighted by Gasteiger charge is -2.07. The molecular formula is C20H23N3O. The zero-order chi connectivity index (χ0) is 16.9. The first-order valence-corrected chi connectivity index (χ1v) is 8.26. The van der Waals surface area contributed by atoms with Crippen LogP contribution in [-0.4, -0.2) is 24.0 Å². The number of amides is 1. The van der Waals surface area contributed by atoms with E-state index >= 15 is 0 Å². The second kappa shape index (κ2) is 7.32. The molecule has 0 bridgehead atoms. The molecule has 0 aliphatic rings. The number of fused-ring (bicyclic) bond motifs is 1. The van der Waals surface area contributed by atoms with Crippen LogP contribution in [0.5, 0.6) is 0 Å². The molecule has 0 aliphatic carbocycles. The molecule has 24 heavy (non-hydrogen) atoms. The van der Waals surface area contributed by atoms with Gasteiger partial charge in [-0.05, 0) is 62.2 Å². The van der Waals surface area contributed by atoms with Crippen molar-refractivity contribution in [3.63, 3.8) is 0 Å². The highest BCUT2D eigenvalue weighted by Gasteiger charge is 2.05. The highest BCUT2D eigenvalue weighted by Crippen LogP contribution is 2.19. The van der Waals surface area contributed by atoms with Crippen molar-refractivity contribution in [1.82, 2.24) is 10.3 Å². The number of hydrogen-bond acceptors (Lipinski definition) is 2.